The second-order valence-electron chi connectivity index (χ2n) is 5.21. The summed E-state index contributed by atoms with van der Waals surface area (Å²) in [5.74, 6) is 0.759. The summed E-state index contributed by atoms with van der Waals surface area (Å²) in [4.78, 5) is 0. The molecule has 1 aliphatic carbocycles. The number of alkyl halides is 2. The molecule has 2 rings (SSSR count). The summed E-state index contributed by atoms with van der Waals surface area (Å²) >= 11 is 0. The maximum absolute atomic E-state index is 12.1. The Balaban J connectivity index is 2.06. The van der Waals surface area contributed by atoms with Crippen molar-refractivity contribution in [1.29, 1.82) is 0 Å². The number of hydrogen-bond acceptors (Lipinski definition) is 2. The molecular weight excluding hydrogens is 260 g/mol. The first-order valence-corrected chi connectivity index (χ1v) is 7.14. The van der Waals surface area contributed by atoms with E-state index in [4.69, 9.17) is 5.73 Å². The third-order valence-corrected chi connectivity index (χ3v) is 3.82. The van der Waals surface area contributed by atoms with E-state index in [1.807, 2.05) is 0 Å². The van der Waals surface area contributed by atoms with Crippen molar-refractivity contribution in [2.45, 2.75) is 38.7 Å². The predicted octanol–water partition coefficient (Wildman–Crippen LogP) is 4.21. The summed E-state index contributed by atoms with van der Waals surface area (Å²) in [6.07, 6.45) is 8.34. The van der Waals surface area contributed by atoms with Crippen molar-refractivity contribution in [3.8, 4) is 5.75 Å². The Bertz CT molecular complexity index is 436. The van der Waals surface area contributed by atoms with E-state index in [1.54, 1.807) is 24.3 Å². The lowest BCUT2D eigenvalue weighted by Crippen LogP contribution is -2.16. The molecule has 1 aromatic rings. The van der Waals surface area contributed by atoms with E-state index < -0.39 is 6.61 Å². The molecule has 0 spiro atoms. The molecule has 0 amide bonds. The smallest absolute Gasteiger partial charge is 0.387 e. The van der Waals surface area contributed by atoms with Gasteiger partial charge in [0.2, 0.25) is 0 Å². The van der Waals surface area contributed by atoms with Crippen LogP contribution in [0.2, 0.25) is 0 Å². The van der Waals surface area contributed by atoms with Gasteiger partial charge in [-0.25, -0.2) is 0 Å². The van der Waals surface area contributed by atoms with Crippen LogP contribution in [-0.4, -0.2) is 13.2 Å². The normalized spacial score (nSPS) is 17.5. The SMILES string of the molecule is NC/C(=C/c1ccc(OC(F)F)cc1)C1CCCCC1. The molecule has 0 radical (unpaired) electrons. The van der Waals surface area contributed by atoms with Crippen LogP contribution in [0.4, 0.5) is 8.78 Å². The summed E-state index contributed by atoms with van der Waals surface area (Å²) in [5.41, 5.74) is 8.10. The van der Waals surface area contributed by atoms with Crippen LogP contribution in [-0.2, 0) is 0 Å². The Morgan fingerprint density at radius 2 is 1.85 bits per heavy atom. The zero-order valence-corrected chi connectivity index (χ0v) is 11.5. The molecule has 110 valence electrons. The van der Waals surface area contributed by atoms with Gasteiger partial charge in [0.15, 0.2) is 0 Å². The third kappa shape index (κ3) is 4.30. The number of benzene rings is 1. The number of hydrogen-bond donors (Lipinski definition) is 1. The highest BCUT2D eigenvalue weighted by Gasteiger charge is 2.16. The number of nitrogens with two attached hydrogens (primary N) is 1. The number of halogens is 2. The molecule has 0 bridgehead atoms. The average molecular weight is 281 g/mol. The highest BCUT2D eigenvalue weighted by atomic mass is 19.3. The van der Waals surface area contributed by atoms with E-state index in [-0.39, 0.29) is 5.75 Å². The lowest BCUT2D eigenvalue weighted by atomic mass is 9.83. The fourth-order valence-electron chi connectivity index (χ4n) is 2.78. The molecule has 0 saturated heterocycles. The molecule has 1 saturated carbocycles. The average Bonchev–Trinajstić information content (AvgIpc) is 2.47. The lowest BCUT2D eigenvalue weighted by molar-refractivity contribution is -0.0498. The summed E-state index contributed by atoms with van der Waals surface area (Å²) in [5, 5.41) is 0. The monoisotopic (exact) mass is 281 g/mol. The fraction of sp³-hybridized carbons (Fsp3) is 0.500. The second-order valence-corrected chi connectivity index (χ2v) is 5.21. The van der Waals surface area contributed by atoms with Gasteiger partial charge in [0, 0.05) is 6.54 Å². The van der Waals surface area contributed by atoms with Gasteiger partial charge in [-0.05, 0) is 36.5 Å². The van der Waals surface area contributed by atoms with Gasteiger partial charge in [-0.2, -0.15) is 8.78 Å². The third-order valence-electron chi connectivity index (χ3n) is 3.82. The van der Waals surface area contributed by atoms with Crippen LogP contribution in [0.25, 0.3) is 6.08 Å². The topological polar surface area (TPSA) is 35.2 Å². The Hall–Kier alpha value is -1.42. The fourth-order valence-corrected chi connectivity index (χ4v) is 2.78. The van der Waals surface area contributed by atoms with E-state index in [0.717, 1.165) is 5.56 Å². The van der Waals surface area contributed by atoms with Crippen LogP contribution in [0.15, 0.2) is 29.8 Å². The molecule has 0 aromatic heterocycles. The molecule has 20 heavy (non-hydrogen) atoms. The van der Waals surface area contributed by atoms with Gasteiger partial charge in [0.25, 0.3) is 0 Å². The molecule has 1 aliphatic rings. The van der Waals surface area contributed by atoms with E-state index in [0.29, 0.717) is 12.5 Å². The van der Waals surface area contributed by atoms with Crippen molar-refractivity contribution >= 4 is 6.08 Å². The van der Waals surface area contributed by atoms with Gasteiger partial charge < -0.3 is 10.5 Å². The lowest BCUT2D eigenvalue weighted by Gasteiger charge is -2.24. The zero-order valence-electron chi connectivity index (χ0n) is 11.5. The molecule has 2 nitrogen and oxygen atoms in total. The van der Waals surface area contributed by atoms with Crippen LogP contribution in [0.3, 0.4) is 0 Å². The Labute approximate surface area is 118 Å². The van der Waals surface area contributed by atoms with Crippen molar-refractivity contribution in [3.05, 3.63) is 35.4 Å². The molecule has 0 unspecified atom stereocenters. The summed E-state index contributed by atoms with van der Waals surface area (Å²) in [7, 11) is 0. The minimum absolute atomic E-state index is 0.184. The minimum atomic E-state index is -2.78. The molecule has 2 N–H and O–H groups in total. The second kappa shape index (κ2) is 7.39. The van der Waals surface area contributed by atoms with Crippen LogP contribution >= 0.6 is 0 Å². The molecule has 0 aliphatic heterocycles. The van der Waals surface area contributed by atoms with Crippen LogP contribution in [0.1, 0.15) is 37.7 Å². The van der Waals surface area contributed by atoms with Crippen molar-refractivity contribution in [2.75, 3.05) is 6.54 Å². The quantitative estimate of drug-likeness (QED) is 0.877. The Morgan fingerprint density at radius 1 is 1.20 bits per heavy atom. The number of ether oxygens (including phenoxy) is 1. The zero-order chi connectivity index (χ0) is 14.4. The van der Waals surface area contributed by atoms with Gasteiger partial charge in [-0.15, -0.1) is 0 Å². The van der Waals surface area contributed by atoms with Crippen molar-refractivity contribution in [2.24, 2.45) is 11.7 Å². The van der Waals surface area contributed by atoms with Crippen molar-refractivity contribution < 1.29 is 13.5 Å². The van der Waals surface area contributed by atoms with Crippen LogP contribution in [0.5, 0.6) is 5.75 Å². The Morgan fingerprint density at radius 3 is 2.40 bits per heavy atom. The minimum Gasteiger partial charge on any atom is -0.435 e. The standard InChI is InChI=1S/C16H21F2NO/c17-16(18)20-15-8-6-12(7-9-15)10-14(11-19)13-4-2-1-3-5-13/h6-10,13,16H,1-5,11,19H2/b14-10-. The van der Waals surface area contributed by atoms with Crippen molar-refractivity contribution in [1.82, 2.24) is 0 Å². The van der Waals surface area contributed by atoms with Gasteiger partial charge in [-0.3, -0.25) is 0 Å². The maximum atomic E-state index is 12.1. The largest absolute Gasteiger partial charge is 0.435 e. The van der Waals surface area contributed by atoms with Gasteiger partial charge >= 0.3 is 6.61 Å². The van der Waals surface area contributed by atoms with Crippen molar-refractivity contribution in [3.63, 3.8) is 0 Å². The highest BCUT2D eigenvalue weighted by Crippen LogP contribution is 2.30. The summed E-state index contributed by atoms with van der Waals surface area (Å²) < 4.78 is 28.5. The molecule has 1 aromatic carbocycles. The molecule has 4 heteroatoms. The first-order chi connectivity index (χ1) is 9.69. The molecular formula is C16H21F2NO. The maximum Gasteiger partial charge on any atom is 0.387 e. The summed E-state index contributed by atoms with van der Waals surface area (Å²) in [6.45, 7) is -2.22. The highest BCUT2D eigenvalue weighted by molar-refractivity contribution is 5.55. The van der Waals surface area contributed by atoms with Gasteiger partial charge in [-0.1, -0.05) is 43.0 Å². The van der Waals surface area contributed by atoms with E-state index in [1.165, 1.54) is 37.7 Å². The first-order valence-electron chi connectivity index (χ1n) is 7.14. The van der Waals surface area contributed by atoms with Gasteiger partial charge in [0.05, 0.1) is 0 Å². The molecule has 0 atom stereocenters. The van der Waals surface area contributed by atoms with Crippen LogP contribution in [0, 0.1) is 5.92 Å². The first kappa shape index (κ1) is 15.0. The Kier molecular flexibility index (Phi) is 5.53. The van der Waals surface area contributed by atoms with E-state index in [2.05, 4.69) is 10.8 Å². The van der Waals surface area contributed by atoms with Gasteiger partial charge in [0.1, 0.15) is 5.75 Å². The molecule has 1 fully saturated rings. The predicted molar refractivity (Wildman–Crippen MR) is 76.7 cm³/mol. The van der Waals surface area contributed by atoms with E-state index in [9.17, 15) is 8.78 Å². The number of rotatable bonds is 5. The van der Waals surface area contributed by atoms with Crippen LogP contribution < -0.4 is 10.5 Å². The molecule has 0 heterocycles. The summed E-state index contributed by atoms with van der Waals surface area (Å²) in [6, 6.07) is 6.70. The van der Waals surface area contributed by atoms with E-state index >= 15 is 0 Å².